The first-order valence-corrected chi connectivity index (χ1v) is 8.91. The van der Waals surface area contributed by atoms with E-state index in [9.17, 15) is 14.0 Å². The van der Waals surface area contributed by atoms with Gasteiger partial charge >= 0.3 is 0 Å². The van der Waals surface area contributed by atoms with Crippen LogP contribution in [0.2, 0.25) is 5.02 Å². The molecule has 0 aliphatic carbocycles. The molecule has 2 N–H and O–H groups in total. The molecule has 3 aromatic rings. The van der Waals surface area contributed by atoms with Gasteiger partial charge in [0, 0.05) is 10.6 Å². The number of amides is 2. The average Bonchev–Trinajstić information content (AvgIpc) is 3.13. The van der Waals surface area contributed by atoms with Crippen molar-refractivity contribution in [3.8, 4) is 5.69 Å². The van der Waals surface area contributed by atoms with E-state index in [-0.39, 0.29) is 5.75 Å². The molecule has 11 heteroatoms. The summed E-state index contributed by atoms with van der Waals surface area (Å²) >= 11 is 6.79. The van der Waals surface area contributed by atoms with Crippen LogP contribution in [0, 0.1) is 5.82 Å². The summed E-state index contributed by atoms with van der Waals surface area (Å²) in [6.07, 6.45) is 0. The number of aromatic nitrogens is 4. The van der Waals surface area contributed by atoms with Crippen molar-refractivity contribution in [3.05, 3.63) is 64.9 Å². The van der Waals surface area contributed by atoms with Gasteiger partial charge in [-0.1, -0.05) is 29.4 Å². The van der Waals surface area contributed by atoms with Crippen molar-refractivity contribution in [1.29, 1.82) is 0 Å². The minimum absolute atomic E-state index is 0.0589. The SMILES string of the molecule is O=C(CSc1nnnn1-c1cccc(F)c1)NNC(=O)c1ccc(Cl)cc1. The van der Waals surface area contributed by atoms with E-state index in [4.69, 9.17) is 11.6 Å². The molecule has 0 aliphatic heterocycles. The van der Waals surface area contributed by atoms with Crippen LogP contribution < -0.4 is 10.9 Å². The van der Waals surface area contributed by atoms with Crippen LogP contribution in [0.4, 0.5) is 4.39 Å². The number of hydrogen-bond donors (Lipinski definition) is 2. The lowest BCUT2D eigenvalue weighted by Gasteiger charge is -2.07. The van der Waals surface area contributed by atoms with E-state index in [1.54, 1.807) is 18.2 Å². The Morgan fingerprint density at radius 1 is 1.15 bits per heavy atom. The summed E-state index contributed by atoms with van der Waals surface area (Å²) in [6, 6.07) is 11.9. The number of hydrogen-bond acceptors (Lipinski definition) is 6. The van der Waals surface area contributed by atoms with Crippen LogP contribution in [0.3, 0.4) is 0 Å². The number of thioether (sulfide) groups is 1. The van der Waals surface area contributed by atoms with Crippen LogP contribution >= 0.6 is 23.4 Å². The second-order valence-electron chi connectivity index (χ2n) is 5.15. The maximum absolute atomic E-state index is 13.3. The minimum atomic E-state index is -0.477. The molecule has 1 aromatic heterocycles. The number of carbonyl (C=O) groups is 2. The van der Waals surface area contributed by atoms with E-state index < -0.39 is 17.6 Å². The summed E-state index contributed by atoms with van der Waals surface area (Å²) in [5, 5.41) is 11.9. The van der Waals surface area contributed by atoms with Gasteiger partial charge in [-0.2, -0.15) is 4.68 Å². The van der Waals surface area contributed by atoms with Crippen LogP contribution in [0.15, 0.2) is 53.7 Å². The van der Waals surface area contributed by atoms with Crippen LogP contribution in [0.1, 0.15) is 10.4 Å². The molecular weight excluding hydrogens is 395 g/mol. The summed E-state index contributed by atoms with van der Waals surface area (Å²) in [5.74, 6) is -1.43. The van der Waals surface area contributed by atoms with Gasteiger partial charge in [-0.3, -0.25) is 20.4 Å². The Kier molecular flexibility index (Phi) is 5.99. The number of hydrazine groups is 1. The number of tetrazole rings is 1. The molecular formula is C16H12ClFN6O2S. The van der Waals surface area contributed by atoms with Crippen molar-refractivity contribution < 1.29 is 14.0 Å². The summed E-state index contributed by atoms with van der Waals surface area (Å²) in [7, 11) is 0. The van der Waals surface area contributed by atoms with Gasteiger partial charge in [0.05, 0.1) is 11.4 Å². The van der Waals surface area contributed by atoms with Gasteiger partial charge in [0.1, 0.15) is 5.82 Å². The molecule has 0 saturated carbocycles. The molecule has 0 radical (unpaired) electrons. The van der Waals surface area contributed by atoms with E-state index >= 15 is 0 Å². The zero-order chi connectivity index (χ0) is 19.2. The maximum Gasteiger partial charge on any atom is 0.269 e. The zero-order valence-corrected chi connectivity index (χ0v) is 15.2. The van der Waals surface area contributed by atoms with Gasteiger partial charge in [-0.05, 0) is 52.9 Å². The number of halogens is 2. The Labute approximate surface area is 162 Å². The van der Waals surface area contributed by atoms with Gasteiger partial charge in [-0.15, -0.1) is 5.10 Å². The fourth-order valence-corrected chi connectivity index (χ4v) is 2.82. The van der Waals surface area contributed by atoms with Gasteiger partial charge < -0.3 is 0 Å². The number of nitrogens with zero attached hydrogens (tertiary/aromatic N) is 4. The van der Waals surface area contributed by atoms with Crippen molar-refractivity contribution in [1.82, 2.24) is 31.1 Å². The standard InChI is InChI=1S/C16H12ClFN6O2S/c17-11-6-4-10(5-7-11)15(26)20-19-14(25)9-27-16-21-22-23-24(16)13-3-1-2-12(18)8-13/h1-8H,9H2,(H,19,25)(H,20,26). The third kappa shape index (κ3) is 5.02. The van der Waals surface area contributed by atoms with Crippen molar-refractivity contribution in [2.75, 3.05) is 5.75 Å². The fourth-order valence-electron chi connectivity index (χ4n) is 2.00. The fraction of sp³-hybridized carbons (Fsp3) is 0.0625. The van der Waals surface area contributed by atoms with Crippen LogP contribution in [-0.4, -0.2) is 37.8 Å². The molecule has 0 atom stereocenters. The number of rotatable bonds is 5. The van der Waals surface area contributed by atoms with Crippen molar-refractivity contribution in [2.24, 2.45) is 0 Å². The lowest BCUT2D eigenvalue weighted by molar-refractivity contribution is -0.119. The molecule has 2 aromatic carbocycles. The molecule has 0 aliphatic rings. The maximum atomic E-state index is 13.3. The third-order valence-corrected chi connectivity index (χ3v) is 4.42. The van der Waals surface area contributed by atoms with Gasteiger partial charge in [-0.25, -0.2) is 4.39 Å². The van der Waals surface area contributed by atoms with Crippen molar-refractivity contribution in [2.45, 2.75) is 5.16 Å². The highest BCUT2D eigenvalue weighted by Crippen LogP contribution is 2.18. The van der Waals surface area contributed by atoms with E-state index in [1.165, 1.54) is 35.0 Å². The van der Waals surface area contributed by atoms with Crippen LogP contribution in [0.5, 0.6) is 0 Å². The molecule has 0 saturated heterocycles. The molecule has 0 bridgehead atoms. The second kappa shape index (κ2) is 8.60. The number of carbonyl (C=O) groups excluding carboxylic acids is 2. The molecule has 0 unspecified atom stereocenters. The molecule has 138 valence electrons. The summed E-state index contributed by atoms with van der Waals surface area (Å²) < 4.78 is 14.7. The number of nitrogens with one attached hydrogen (secondary N) is 2. The lowest BCUT2D eigenvalue weighted by Crippen LogP contribution is -2.42. The number of benzene rings is 2. The Hall–Kier alpha value is -2.98. The average molecular weight is 407 g/mol. The molecule has 0 fully saturated rings. The quantitative estimate of drug-likeness (QED) is 0.496. The van der Waals surface area contributed by atoms with Gasteiger partial charge in [0.25, 0.3) is 5.91 Å². The smallest absolute Gasteiger partial charge is 0.269 e. The second-order valence-corrected chi connectivity index (χ2v) is 6.53. The van der Waals surface area contributed by atoms with E-state index in [0.717, 1.165) is 11.8 Å². The molecule has 27 heavy (non-hydrogen) atoms. The Morgan fingerprint density at radius 3 is 2.67 bits per heavy atom. The molecule has 1 heterocycles. The first-order chi connectivity index (χ1) is 13.0. The van der Waals surface area contributed by atoms with Crippen LogP contribution in [0.25, 0.3) is 5.69 Å². The summed E-state index contributed by atoms with van der Waals surface area (Å²) in [5.41, 5.74) is 5.37. The van der Waals surface area contributed by atoms with E-state index in [2.05, 4.69) is 26.4 Å². The summed E-state index contributed by atoms with van der Waals surface area (Å²) in [4.78, 5) is 23.8. The van der Waals surface area contributed by atoms with Crippen molar-refractivity contribution in [3.63, 3.8) is 0 Å². The minimum Gasteiger partial charge on any atom is -0.272 e. The molecule has 3 rings (SSSR count). The highest BCUT2D eigenvalue weighted by atomic mass is 35.5. The highest BCUT2D eigenvalue weighted by molar-refractivity contribution is 7.99. The predicted octanol–water partition coefficient (Wildman–Crippen LogP) is 2.01. The van der Waals surface area contributed by atoms with E-state index in [0.29, 0.717) is 21.4 Å². The Morgan fingerprint density at radius 2 is 1.93 bits per heavy atom. The summed E-state index contributed by atoms with van der Waals surface area (Å²) in [6.45, 7) is 0. The van der Waals surface area contributed by atoms with Gasteiger partial charge in [0.2, 0.25) is 11.1 Å². The van der Waals surface area contributed by atoms with Crippen molar-refractivity contribution >= 4 is 35.2 Å². The largest absolute Gasteiger partial charge is 0.272 e. The highest BCUT2D eigenvalue weighted by Gasteiger charge is 2.13. The Balaban J connectivity index is 1.53. The monoisotopic (exact) mass is 406 g/mol. The lowest BCUT2D eigenvalue weighted by atomic mass is 10.2. The zero-order valence-electron chi connectivity index (χ0n) is 13.6. The topological polar surface area (TPSA) is 102 Å². The normalized spacial score (nSPS) is 10.4. The third-order valence-electron chi connectivity index (χ3n) is 3.25. The molecule has 2 amide bonds. The molecule has 8 nitrogen and oxygen atoms in total. The Bertz CT molecular complexity index is 966. The first kappa shape index (κ1) is 18.8. The van der Waals surface area contributed by atoms with Crippen LogP contribution in [-0.2, 0) is 4.79 Å². The van der Waals surface area contributed by atoms with E-state index in [1.807, 2.05) is 0 Å². The molecule has 0 spiro atoms. The first-order valence-electron chi connectivity index (χ1n) is 7.55. The van der Waals surface area contributed by atoms with Gasteiger partial charge in [0.15, 0.2) is 0 Å². The predicted molar refractivity (Wildman–Crippen MR) is 96.9 cm³/mol.